The van der Waals surface area contributed by atoms with Crippen LogP contribution in [0.3, 0.4) is 0 Å². The van der Waals surface area contributed by atoms with E-state index in [9.17, 15) is 5.11 Å². The molecular weight excluding hydrogens is 240 g/mol. The Balaban J connectivity index is 2.15. The lowest BCUT2D eigenvalue weighted by Crippen LogP contribution is -2.37. The molecule has 2 rings (SSSR count). The maximum atomic E-state index is 9.55. The molecule has 0 spiro atoms. The van der Waals surface area contributed by atoms with Crippen molar-refractivity contribution in [2.45, 2.75) is 38.3 Å². The van der Waals surface area contributed by atoms with Crippen molar-refractivity contribution in [3.05, 3.63) is 23.8 Å². The van der Waals surface area contributed by atoms with Crippen LogP contribution in [0.4, 0.5) is 5.69 Å². The van der Waals surface area contributed by atoms with E-state index in [1.807, 2.05) is 18.2 Å². The Bertz CT molecular complexity index is 409. The van der Waals surface area contributed by atoms with E-state index in [-0.39, 0.29) is 12.6 Å². The molecule has 0 aliphatic carbocycles. The maximum absolute atomic E-state index is 9.55. The van der Waals surface area contributed by atoms with E-state index < -0.39 is 0 Å². The van der Waals surface area contributed by atoms with Crippen LogP contribution in [-0.4, -0.2) is 36.3 Å². The molecule has 1 aromatic carbocycles. The number of aliphatic hydroxyl groups excluding tert-OH is 1. The highest BCUT2D eigenvalue weighted by Gasteiger charge is 2.21. The number of rotatable bonds is 4. The second-order valence-electron chi connectivity index (χ2n) is 5.23. The third kappa shape index (κ3) is 3.61. The molecule has 0 radical (unpaired) electrons. The molecule has 1 aromatic rings. The van der Waals surface area contributed by atoms with E-state index in [1.54, 1.807) is 7.11 Å². The molecule has 1 heterocycles. The maximum Gasteiger partial charge on any atom is 0.123 e. The molecule has 1 aliphatic heterocycles. The lowest BCUT2D eigenvalue weighted by Gasteiger charge is -2.29. The predicted molar refractivity (Wildman–Crippen MR) is 77.2 cm³/mol. The molecule has 1 unspecified atom stereocenters. The first-order chi connectivity index (χ1) is 9.24. The molecule has 0 saturated carbocycles. The molecule has 4 nitrogen and oxygen atoms in total. The largest absolute Gasteiger partial charge is 0.496 e. The third-order valence-electron chi connectivity index (χ3n) is 3.89. The number of hydrogen-bond acceptors (Lipinski definition) is 4. The van der Waals surface area contributed by atoms with Crippen molar-refractivity contribution in [1.82, 2.24) is 4.90 Å². The Labute approximate surface area is 115 Å². The van der Waals surface area contributed by atoms with Crippen molar-refractivity contribution >= 4 is 5.69 Å². The van der Waals surface area contributed by atoms with E-state index in [0.29, 0.717) is 0 Å². The highest BCUT2D eigenvalue weighted by Crippen LogP contribution is 2.25. The summed E-state index contributed by atoms with van der Waals surface area (Å²) < 4.78 is 5.40. The minimum absolute atomic E-state index is 0.227. The van der Waals surface area contributed by atoms with Gasteiger partial charge in [-0.15, -0.1) is 0 Å². The fraction of sp³-hybridized carbons (Fsp3) is 0.600. The summed E-state index contributed by atoms with van der Waals surface area (Å²) in [6.45, 7) is 2.05. The molecule has 3 N–H and O–H groups in total. The first kappa shape index (κ1) is 14.2. The van der Waals surface area contributed by atoms with Gasteiger partial charge in [-0.3, -0.25) is 4.90 Å². The number of methoxy groups -OCH3 is 1. The number of nitrogens with zero attached hydrogens (tertiary/aromatic N) is 1. The van der Waals surface area contributed by atoms with Gasteiger partial charge in [0.1, 0.15) is 5.75 Å². The molecule has 4 heteroatoms. The van der Waals surface area contributed by atoms with Crippen LogP contribution in [0.2, 0.25) is 0 Å². The molecule has 1 atom stereocenters. The Morgan fingerprint density at radius 1 is 1.37 bits per heavy atom. The quantitative estimate of drug-likeness (QED) is 0.817. The minimum atomic E-state index is 0.227. The summed E-state index contributed by atoms with van der Waals surface area (Å²) in [4.78, 5) is 2.35. The summed E-state index contributed by atoms with van der Waals surface area (Å²) in [6, 6.07) is 6.00. The Morgan fingerprint density at radius 3 is 2.95 bits per heavy atom. The van der Waals surface area contributed by atoms with Gasteiger partial charge >= 0.3 is 0 Å². The molecule has 0 bridgehead atoms. The van der Waals surface area contributed by atoms with Gasteiger partial charge in [0, 0.05) is 23.8 Å². The number of likely N-dealkylation sites (tertiary alicyclic amines) is 1. The normalized spacial score (nSPS) is 21.1. The summed E-state index contributed by atoms with van der Waals surface area (Å²) in [5, 5.41) is 9.55. The second-order valence-corrected chi connectivity index (χ2v) is 5.23. The summed E-state index contributed by atoms with van der Waals surface area (Å²) in [7, 11) is 1.68. The first-order valence-electron chi connectivity index (χ1n) is 7.02. The summed E-state index contributed by atoms with van der Waals surface area (Å²) in [5.74, 6) is 0.870. The van der Waals surface area contributed by atoms with Crippen molar-refractivity contribution in [2.75, 3.05) is 26.0 Å². The fourth-order valence-corrected chi connectivity index (χ4v) is 2.79. The van der Waals surface area contributed by atoms with E-state index >= 15 is 0 Å². The van der Waals surface area contributed by atoms with Crippen LogP contribution < -0.4 is 10.5 Å². The lowest BCUT2D eigenvalue weighted by atomic mass is 10.1. The molecule has 1 aliphatic rings. The molecule has 0 aromatic heterocycles. The van der Waals surface area contributed by atoms with Crippen LogP contribution in [0.15, 0.2) is 18.2 Å². The number of nitrogens with two attached hydrogens (primary N) is 1. The minimum Gasteiger partial charge on any atom is -0.496 e. The lowest BCUT2D eigenvalue weighted by molar-refractivity contribution is 0.117. The van der Waals surface area contributed by atoms with Crippen molar-refractivity contribution < 1.29 is 9.84 Å². The summed E-state index contributed by atoms with van der Waals surface area (Å²) in [6.07, 6.45) is 4.72. The van der Waals surface area contributed by atoms with Gasteiger partial charge in [-0.2, -0.15) is 0 Å². The first-order valence-corrected chi connectivity index (χ1v) is 7.02. The van der Waals surface area contributed by atoms with Gasteiger partial charge < -0.3 is 15.6 Å². The molecule has 106 valence electrons. The van der Waals surface area contributed by atoms with Crippen LogP contribution in [-0.2, 0) is 6.54 Å². The average molecular weight is 264 g/mol. The zero-order valence-corrected chi connectivity index (χ0v) is 11.6. The molecule has 19 heavy (non-hydrogen) atoms. The number of ether oxygens (including phenoxy) is 1. The number of hydrogen-bond donors (Lipinski definition) is 2. The predicted octanol–water partition coefficient (Wildman–Crippen LogP) is 2.01. The highest BCUT2D eigenvalue weighted by atomic mass is 16.5. The van der Waals surface area contributed by atoms with E-state index in [4.69, 9.17) is 10.5 Å². The zero-order valence-electron chi connectivity index (χ0n) is 11.6. The van der Waals surface area contributed by atoms with Gasteiger partial charge in [0.05, 0.1) is 13.7 Å². The van der Waals surface area contributed by atoms with Crippen LogP contribution in [0.25, 0.3) is 0 Å². The Hall–Kier alpha value is -1.26. The fourth-order valence-electron chi connectivity index (χ4n) is 2.79. The van der Waals surface area contributed by atoms with Crippen LogP contribution >= 0.6 is 0 Å². The number of benzene rings is 1. The smallest absolute Gasteiger partial charge is 0.123 e. The van der Waals surface area contributed by atoms with Crippen molar-refractivity contribution in [3.63, 3.8) is 0 Å². The van der Waals surface area contributed by atoms with Gasteiger partial charge in [0.2, 0.25) is 0 Å². The average Bonchev–Trinajstić information content (AvgIpc) is 2.64. The number of aliphatic hydroxyl groups is 1. The van der Waals surface area contributed by atoms with Gasteiger partial charge in [-0.1, -0.05) is 12.8 Å². The second kappa shape index (κ2) is 6.78. The topological polar surface area (TPSA) is 58.7 Å². The molecule has 0 amide bonds. The number of anilines is 1. The zero-order chi connectivity index (χ0) is 13.7. The SMILES string of the molecule is COc1ccc(N)cc1CN1CCCCCC1CO. The van der Waals surface area contributed by atoms with Crippen molar-refractivity contribution in [1.29, 1.82) is 0 Å². The monoisotopic (exact) mass is 264 g/mol. The van der Waals surface area contributed by atoms with Crippen LogP contribution in [0.5, 0.6) is 5.75 Å². The van der Waals surface area contributed by atoms with Gasteiger partial charge in [0.25, 0.3) is 0 Å². The highest BCUT2D eigenvalue weighted by molar-refractivity contribution is 5.47. The molecule has 1 fully saturated rings. The molecule has 1 saturated heterocycles. The summed E-state index contributed by atoms with van der Waals surface area (Å²) >= 11 is 0. The van der Waals surface area contributed by atoms with Gasteiger partial charge in [-0.25, -0.2) is 0 Å². The van der Waals surface area contributed by atoms with Crippen molar-refractivity contribution in [2.24, 2.45) is 0 Å². The van der Waals surface area contributed by atoms with E-state index in [0.717, 1.165) is 36.5 Å². The molecular formula is C15H24N2O2. The van der Waals surface area contributed by atoms with Gasteiger partial charge in [0.15, 0.2) is 0 Å². The summed E-state index contributed by atoms with van der Waals surface area (Å²) in [5.41, 5.74) is 7.72. The number of nitrogen functional groups attached to an aromatic ring is 1. The van der Waals surface area contributed by atoms with Crippen molar-refractivity contribution in [3.8, 4) is 5.75 Å². The van der Waals surface area contributed by atoms with Crippen LogP contribution in [0, 0.1) is 0 Å². The van der Waals surface area contributed by atoms with Gasteiger partial charge in [-0.05, 0) is 37.6 Å². The third-order valence-corrected chi connectivity index (χ3v) is 3.89. The Morgan fingerprint density at radius 2 is 2.21 bits per heavy atom. The van der Waals surface area contributed by atoms with E-state index in [1.165, 1.54) is 19.3 Å². The standard InChI is InChI=1S/C15H24N2O2/c1-19-15-7-6-13(16)9-12(15)10-17-8-4-2-3-5-14(17)11-18/h6-7,9,14,18H,2-5,8,10-11,16H2,1H3. The van der Waals surface area contributed by atoms with E-state index in [2.05, 4.69) is 4.90 Å². The Kier molecular flexibility index (Phi) is 5.05. The van der Waals surface area contributed by atoms with Crippen LogP contribution in [0.1, 0.15) is 31.2 Å².